The lowest BCUT2D eigenvalue weighted by Gasteiger charge is -2.33. The molecule has 3 aromatic rings. The van der Waals surface area contributed by atoms with E-state index in [1.807, 2.05) is 24.3 Å². The first-order chi connectivity index (χ1) is 15.6. The van der Waals surface area contributed by atoms with Crippen molar-refractivity contribution in [2.45, 2.75) is 44.2 Å². The summed E-state index contributed by atoms with van der Waals surface area (Å²) in [6.45, 7) is 0. The van der Waals surface area contributed by atoms with Crippen LogP contribution in [0.3, 0.4) is 0 Å². The number of carbonyl (C=O) groups excluding carboxylic acids is 2. The van der Waals surface area contributed by atoms with Crippen molar-refractivity contribution in [2.75, 3.05) is 4.90 Å². The summed E-state index contributed by atoms with van der Waals surface area (Å²) in [4.78, 5) is 33.4. The molecule has 164 valence electrons. The van der Waals surface area contributed by atoms with Gasteiger partial charge in [0.25, 0.3) is 5.91 Å². The molecule has 0 bridgehead atoms. The predicted octanol–water partition coefficient (Wildman–Crippen LogP) is 5.57. The van der Waals surface area contributed by atoms with Gasteiger partial charge < -0.3 is 5.32 Å². The lowest BCUT2D eigenvalue weighted by Crippen LogP contribution is -2.47. The van der Waals surface area contributed by atoms with Crippen molar-refractivity contribution in [2.24, 2.45) is 0 Å². The lowest BCUT2D eigenvalue weighted by atomic mass is 9.95. The van der Waals surface area contributed by atoms with Crippen molar-refractivity contribution in [3.05, 3.63) is 95.3 Å². The van der Waals surface area contributed by atoms with Gasteiger partial charge in [0.1, 0.15) is 0 Å². The highest BCUT2D eigenvalue weighted by Gasteiger charge is 2.35. The van der Waals surface area contributed by atoms with E-state index in [9.17, 15) is 9.59 Å². The molecule has 0 spiro atoms. The number of aromatic nitrogens is 1. The summed E-state index contributed by atoms with van der Waals surface area (Å²) in [5, 5.41) is 3.74. The standard InChI is InChI=1S/C26H26ClN3O2/c27-20-14-16-22(17-15-20)30(26(32)19-9-3-1-4-10-19)24(23-13-7-8-18-28-23)25(31)29-21-11-5-2-6-12-21/h1,3-4,7-10,13-18,21,24H,2,5-6,11-12H2,(H,29,31). The number of hydrogen-bond acceptors (Lipinski definition) is 3. The van der Waals surface area contributed by atoms with Crippen LogP contribution in [-0.4, -0.2) is 22.8 Å². The second kappa shape index (κ2) is 10.4. The highest BCUT2D eigenvalue weighted by Crippen LogP contribution is 2.30. The Bertz CT molecular complexity index is 1040. The van der Waals surface area contributed by atoms with Crippen molar-refractivity contribution in [1.29, 1.82) is 0 Å². The van der Waals surface area contributed by atoms with Gasteiger partial charge in [0, 0.05) is 28.5 Å². The molecule has 0 saturated heterocycles. The molecule has 1 aliphatic rings. The van der Waals surface area contributed by atoms with Crippen molar-refractivity contribution in [1.82, 2.24) is 10.3 Å². The maximum atomic E-state index is 13.7. The zero-order valence-electron chi connectivity index (χ0n) is 17.8. The normalized spacial score (nSPS) is 15.0. The molecular formula is C26H26ClN3O2. The van der Waals surface area contributed by atoms with E-state index in [1.54, 1.807) is 54.7 Å². The van der Waals surface area contributed by atoms with E-state index in [4.69, 9.17) is 11.6 Å². The van der Waals surface area contributed by atoms with Crippen molar-refractivity contribution >= 4 is 29.1 Å². The van der Waals surface area contributed by atoms with Crippen LogP contribution in [0, 0.1) is 0 Å². The molecule has 1 N–H and O–H groups in total. The third kappa shape index (κ3) is 5.17. The number of nitrogens with one attached hydrogen (secondary N) is 1. The number of nitrogens with zero attached hydrogens (tertiary/aromatic N) is 2. The van der Waals surface area contributed by atoms with Crippen LogP contribution in [0.1, 0.15) is 54.2 Å². The lowest BCUT2D eigenvalue weighted by molar-refractivity contribution is -0.123. The van der Waals surface area contributed by atoms with Crippen LogP contribution in [0.25, 0.3) is 0 Å². The Morgan fingerprint density at radius 2 is 1.59 bits per heavy atom. The van der Waals surface area contributed by atoms with E-state index < -0.39 is 6.04 Å². The molecule has 1 aromatic heterocycles. The fraction of sp³-hybridized carbons (Fsp3) is 0.269. The maximum absolute atomic E-state index is 13.7. The molecule has 1 atom stereocenters. The van der Waals surface area contributed by atoms with Crippen LogP contribution in [-0.2, 0) is 4.79 Å². The number of carbonyl (C=O) groups is 2. The molecule has 4 rings (SSSR count). The van der Waals surface area contributed by atoms with Gasteiger partial charge in [-0.15, -0.1) is 0 Å². The molecule has 0 aliphatic heterocycles. The molecule has 2 aromatic carbocycles. The summed E-state index contributed by atoms with van der Waals surface area (Å²) < 4.78 is 0. The minimum absolute atomic E-state index is 0.112. The summed E-state index contributed by atoms with van der Waals surface area (Å²) in [5.74, 6) is -0.503. The smallest absolute Gasteiger partial charge is 0.259 e. The maximum Gasteiger partial charge on any atom is 0.259 e. The number of hydrogen-bond donors (Lipinski definition) is 1. The van der Waals surface area contributed by atoms with Gasteiger partial charge in [-0.1, -0.05) is 55.1 Å². The third-order valence-corrected chi connectivity index (χ3v) is 6.02. The Morgan fingerprint density at radius 3 is 2.25 bits per heavy atom. The van der Waals surface area contributed by atoms with Crippen molar-refractivity contribution < 1.29 is 9.59 Å². The predicted molar refractivity (Wildman–Crippen MR) is 127 cm³/mol. The fourth-order valence-corrected chi connectivity index (χ4v) is 4.28. The summed E-state index contributed by atoms with van der Waals surface area (Å²) in [6.07, 6.45) is 6.94. The first-order valence-corrected chi connectivity index (χ1v) is 11.4. The molecule has 1 aliphatic carbocycles. The van der Waals surface area contributed by atoms with E-state index in [0.29, 0.717) is 22.0 Å². The van der Waals surface area contributed by atoms with E-state index in [0.717, 1.165) is 25.7 Å². The van der Waals surface area contributed by atoms with Crippen LogP contribution >= 0.6 is 11.6 Å². The number of amides is 2. The average Bonchev–Trinajstić information content (AvgIpc) is 2.84. The largest absolute Gasteiger partial charge is 0.351 e. The molecule has 1 fully saturated rings. The molecule has 1 saturated carbocycles. The van der Waals surface area contributed by atoms with Crippen molar-refractivity contribution in [3.63, 3.8) is 0 Å². The molecular weight excluding hydrogens is 422 g/mol. The Kier molecular flexibility index (Phi) is 7.17. The Balaban J connectivity index is 1.77. The van der Waals surface area contributed by atoms with Gasteiger partial charge in [-0.2, -0.15) is 0 Å². The van der Waals surface area contributed by atoms with Crippen LogP contribution in [0.4, 0.5) is 5.69 Å². The minimum atomic E-state index is -0.910. The highest BCUT2D eigenvalue weighted by atomic mass is 35.5. The summed E-state index contributed by atoms with van der Waals surface area (Å²) >= 11 is 6.11. The van der Waals surface area contributed by atoms with Crippen LogP contribution < -0.4 is 10.2 Å². The number of halogens is 1. The van der Waals surface area contributed by atoms with Gasteiger partial charge in [0.2, 0.25) is 5.91 Å². The topological polar surface area (TPSA) is 62.3 Å². The van der Waals surface area contributed by atoms with Crippen molar-refractivity contribution in [3.8, 4) is 0 Å². The van der Waals surface area contributed by atoms with Gasteiger partial charge in [-0.3, -0.25) is 19.5 Å². The van der Waals surface area contributed by atoms with Gasteiger partial charge >= 0.3 is 0 Å². The number of anilines is 1. The Morgan fingerprint density at radius 1 is 0.906 bits per heavy atom. The Labute approximate surface area is 193 Å². The first-order valence-electron chi connectivity index (χ1n) is 11.0. The van der Waals surface area contributed by atoms with E-state index in [2.05, 4.69) is 10.3 Å². The number of rotatable bonds is 6. The van der Waals surface area contributed by atoms with Gasteiger partial charge in [-0.05, 0) is 61.4 Å². The monoisotopic (exact) mass is 447 g/mol. The SMILES string of the molecule is O=C(NC1CCCCC1)C(c1ccccn1)N(C(=O)c1ccccc1)c1ccc(Cl)cc1. The van der Waals surface area contributed by atoms with E-state index in [-0.39, 0.29) is 17.9 Å². The highest BCUT2D eigenvalue weighted by molar-refractivity contribution is 6.30. The Hall–Kier alpha value is -3.18. The van der Waals surface area contributed by atoms with Gasteiger partial charge in [0.05, 0.1) is 5.69 Å². The van der Waals surface area contributed by atoms with Gasteiger partial charge in [0.15, 0.2) is 6.04 Å². The zero-order chi connectivity index (χ0) is 22.3. The van der Waals surface area contributed by atoms with Crippen LogP contribution in [0.2, 0.25) is 5.02 Å². The quantitative estimate of drug-likeness (QED) is 0.537. The second-order valence-electron chi connectivity index (χ2n) is 8.02. The first kappa shape index (κ1) is 22.0. The summed E-state index contributed by atoms with van der Waals surface area (Å²) in [5.41, 5.74) is 1.59. The third-order valence-electron chi connectivity index (χ3n) is 5.77. The number of benzene rings is 2. The van der Waals surface area contributed by atoms with E-state index in [1.165, 1.54) is 11.3 Å². The second-order valence-corrected chi connectivity index (χ2v) is 8.45. The molecule has 2 amide bonds. The molecule has 32 heavy (non-hydrogen) atoms. The van der Waals surface area contributed by atoms with Crippen LogP contribution in [0.5, 0.6) is 0 Å². The molecule has 1 heterocycles. The fourth-order valence-electron chi connectivity index (χ4n) is 4.15. The van der Waals surface area contributed by atoms with E-state index >= 15 is 0 Å². The summed E-state index contributed by atoms with van der Waals surface area (Å²) in [7, 11) is 0. The minimum Gasteiger partial charge on any atom is -0.351 e. The average molecular weight is 448 g/mol. The van der Waals surface area contributed by atoms with Crippen LogP contribution in [0.15, 0.2) is 79.0 Å². The molecule has 6 heteroatoms. The molecule has 5 nitrogen and oxygen atoms in total. The number of pyridine rings is 1. The molecule has 1 unspecified atom stereocenters. The molecule has 0 radical (unpaired) electrons. The zero-order valence-corrected chi connectivity index (χ0v) is 18.5. The summed E-state index contributed by atoms with van der Waals surface area (Å²) in [6, 6.07) is 20.5. The van der Waals surface area contributed by atoms with Gasteiger partial charge in [-0.25, -0.2) is 0 Å².